The highest BCUT2D eigenvalue weighted by Gasteiger charge is 2.28. The Hall–Kier alpha value is -4.82. The fourth-order valence-electron chi connectivity index (χ4n) is 5.23. The summed E-state index contributed by atoms with van der Waals surface area (Å²) in [7, 11) is 0. The first kappa shape index (κ1) is 24.5. The lowest BCUT2D eigenvalue weighted by Gasteiger charge is -2.22. The Morgan fingerprint density at radius 2 is 0.923 bits per heavy atom. The molecular weight excluding hydrogens is 476 g/mol. The molecule has 188 valence electrons. The van der Waals surface area contributed by atoms with Crippen molar-refractivity contribution in [3.05, 3.63) is 173 Å². The molecule has 3 aromatic carbocycles. The molecule has 0 radical (unpaired) electrons. The number of benzene rings is 3. The topological polar surface area (TPSA) is 34.1 Å². The summed E-state index contributed by atoms with van der Waals surface area (Å²) in [4.78, 5) is 27.6. The third-order valence-electron chi connectivity index (χ3n) is 7.39. The van der Waals surface area contributed by atoms with E-state index < -0.39 is 0 Å². The molecule has 1 unspecified atom stereocenters. The van der Waals surface area contributed by atoms with Crippen LogP contribution in [0.3, 0.4) is 0 Å². The zero-order valence-electron chi connectivity index (χ0n) is 21.8. The maximum Gasteiger partial charge on any atom is 0.194 e. The van der Waals surface area contributed by atoms with Crippen LogP contribution in [-0.4, -0.2) is 11.6 Å². The van der Waals surface area contributed by atoms with Crippen molar-refractivity contribution in [3.63, 3.8) is 0 Å². The lowest BCUT2D eigenvalue weighted by atomic mass is 9.80. The maximum absolute atomic E-state index is 13.8. The van der Waals surface area contributed by atoms with Gasteiger partial charge in [-0.05, 0) is 70.1 Å². The van der Waals surface area contributed by atoms with Crippen molar-refractivity contribution in [1.82, 2.24) is 0 Å². The molecule has 3 aliphatic carbocycles. The second-order valence-electron chi connectivity index (χ2n) is 10.1. The lowest BCUT2D eigenvalue weighted by Crippen LogP contribution is -2.14. The van der Waals surface area contributed by atoms with E-state index in [1.54, 1.807) is 0 Å². The van der Waals surface area contributed by atoms with Gasteiger partial charge in [-0.3, -0.25) is 9.59 Å². The van der Waals surface area contributed by atoms with E-state index in [9.17, 15) is 9.59 Å². The number of ketones is 2. The van der Waals surface area contributed by atoms with Crippen LogP contribution in [0.25, 0.3) is 16.7 Å². The number of carbonyl (C=O) groups excluding carboxylic acids is 2. The number of allylic oxidation sites excluding steroid dienone is 14. The first-order chi connectivity index (χ1) is 19.1. The molecule has 0 N–H and O–H groups in total. The molecule has 0 saturated heterocycles. The van der Waals surface area contributed by atoms with E-state index in [0.717, 1.165) is 39.8 Å². The summed E-state index contributed by atoms with van der Waals surface area (Å²) in [5.41, 5.74) is 8.02. The number of carbonyl (C=O) groups is 2. The lowest BCUT2D eigenvalue weighted by molar-refractivity contribution is -0.110. The van der Waals surface area contributed by atoms with E-state index in [-0.39, 0.29) is 11.6 Å². The first-order valence-corrected chi connectivity index (χ1v) is 13.3. The van der Waals surface area contributed by atoms with Gasteiger partial charge in [-0.15, -0.1) is 0 Å². The van der Waals surface area contributed by atoms with Crippen molar-refractivity contribution < 1.29 is 9.59 Å². The van der Waals surface area contributed by atoms with Crippen molar-refractivity contribution >= 4 is 28.3 Å². The molecule has 1 atom stereocenters. The minimum atomic E-state index is -0.00740. The van der Waals surface area contributed by atoms with E-state index in [1.807, 2.05) is 115 Å². The monoisotopic (exact) mass is 504 g/mol. The SMILES string of the molecule is CC1C=CC(C2=CC(=C3C=C(c4ccccc4)C(=O)C(c4ccccc4)=C3)C=C(c3ccccc3)C2=O)=CC1. The third-order valence-corrected chi connectivity index (χ3v) is 7.39. The number of hydrogen-bond acceptors (Lipinski definition) is 2. The predicted octanol–water partition coefficient (Wildman–Crippen LogP) is 8.15. The molecule has 39 heavy (non-hydrogen) atoms. The average Bonchev–Trinajstić information content (AvgIpc) is 2.99. The molecule has 0 aromatic heterocycles. The summed E-state index contributed by atoms with van der Waals surface area (Å²) in [6.07, 6.45) is 15.2. The van der Waals surface area contributed by atoms with Crippen LogP contribution in [0.5, 0.6) is 0 Å². The van der Waals surface area contributed by atoms with Crippen LogP contribution >= 0.6 is 0 Å². The minimum absolute atomic E-state index is 0.00740. The highest BCUT2D eigenvalue weighted by atomic mass is 16.1. The largest absolute Gasteiger partial charge is 0.289 e. The van der Waals surface area contributed by atoms with E-state index in [4.69, 9.17) is 0 Å². The van der Waals surface area contributed by atoms with Gasteiger partial charge in [0, 0.05) is 22.3 Å². The molecule has 0 bridgehead atoms. The summed E-state index contributed by atoms with van der Waals surface area (Å²) >= 11 is 0. The Balaban J connectivity index is 1.59. The van der Waals surface area contributed by atoms with E-state index in [2.05, 4.69) is 25.2 Å². The highest BCUT2D eigenvalue weighted by Crippen LogP contribution is 2.38. The molecule has 3 aromatic rings. The molecule has 0 amide bonds. The van der Waals surface area contributed by atoms with Crippen molar-refractivity contribution in [2.75, 3.05) is 0 Å². The second-order valence-corrected chi connectivity index (χ2v) is 10.1. The molecule has 0 heterocycles. The maximum atomic E-state index is 13.8. The molecule has 0 saturated carbocycles. The van der Waals surface area contributed by atoms with Gasteiger partial charge in [-0.1, -0.05) is 116 Å². The number of rotatable bonds is 4. The Labute approximate surface area is 229 Å². The smallest absolute Gasteiger partial charge is 0.194 e. The van der Waals surface area contributed by atoms with E-state index in [1.165, 1.54) is 0 Å². The van der Waals surface area contributed by atoms with Crippen molar-refractivity contribution in [2.24, 2.45) is 5.92 Å². The molecule has 2 nitrogen and oxygen atoms in total. The van der Waals surface area contributed by atoms with E-state index >= 15 is 0 Å². The van der Waals surface area contributed by atoms with Crippen LogP contribution < -0.4 is 0 Å². The summed E-state index contributed by atoms with van der Waals surface area (Å²) < 4.78 is 0. The van der Waals surface area contributed by atoms with Crippen molar-refractivity contribution in [3.8, 4) is 0 Å². The zero-order chi connectivity index (χ0) is 26.8. The van der Waals surface area contributed by atoms with Crippen LogP contribution in [0.15, 0.2) is 156 Å². The fourth-order valence-corrected chi connectivity index (χ4v) is 5.23. The summed E-state index contributed by atoms with van der Waals surface area (Å²) in [5, 5.41) is 0. The van der Waals surface area contributed by atoms with Gasteiger partial charge in [0.2, 0.25) is 0 Å². The normalized spacial score (nSPS) is 19.2. The molecule has 2 heteroatoms. The van der Waals surface area contributed by atoms with Crippen LogP contribution in [0.2, 0.25) is 0 Å². The van der Waals surface area contributed by atoms with Gasteiger partial charge in [0.05, 0.1) is 0 Å². The molecule has 0 spiro atoms. The van der Waals surface area contributed by atoms with Crippen molar-refractivity contribution in [2.45, 2.75) is 13.3 Å². The molecular formula is C37H28O2. The minimum Gasteiger partial charge on any atom is -0.289 e. The van der Waals surface area contributed by atoms with Gasteiger partial charge in [0.1, 0.15) is 0 Å². The Bertz CT molecular complexity index is 1610. The van der Waals surface area contributed by atoms with Gasteiger partial charge in [-0.25, -0.2) is 0 Å². The summed E-state index contributed by atoms with van der Waals surface area (Å²) in [6, 6.07) is 29.4. The van der Waals surface area contributed by atoms with Gasteiger partial charge in [0.15, 0.2) is 11.6 Å². The van der Waals surface area contributed by atoms with Gasteiger partial charge >= 0.3 is 0 Å². The zero-order valence-corrected chi connectivity index (χ0v) is 21.8. The van der Waals surface area contributed by atoms with Crippen LogP contribution in [0.1, 0.15) is 30.0 Å². The molecule has 3 aliphatic rings. The fraction of sp³-hybridized carbons (Fsp3) is 0.0811. The van der Waals surface area contributed by atoms with Crippen LogP contribution in [0, 0.1) is 5.92 Å². The Morgan fingerprint density at radius 3 is 1.31 bits per heavy atom. The van der Waals surface area contributed by atoms with Gasteiger partial charge < -0.3 is 0 Å². The number of Topliss-reactive ketones (excluding diaryl/α,β-unsaturated/α-hetero) is 2. The van der Waals surface area contributed by atoms with Gasteiger partial charge in [-0.2, -0.15) is 0 Å². The van der Waals surface area contributed by atoms with Gasteiger partial charge in [0.25, 0.3) is 0 Å². The van der Waals surface area contributed by atoms with Crippen LogP contribution in [-0.2, 0) is 9.59 Å². The molecule has 0 fully saturated rings. The standard InChI is InChI=1S/C37H28O2/c1-25-17-19-29(20-18-25)35-24-31(23-34(37(35)39)28-15-9-4-10-16-28)30-21-32(26-11-5-2-6-12-26)36(38)33(22-30)27-13-7-3-8-14-27/h2-17,19-25H,18H2,1H3. The Morgan fingerprint density at radius 1 is 0.538 bits per heavy atom. The Kier molecular flexibility index (Phi) is 6.61. The predicted molar refractivity (Wildman–Crippen MR) is 159 cm³/mol. The molecule has 6 rings (SSSR count). The highest BCUT2D eigenvalue weighted by molar-refractivity contribution is 6.44. The average molecular weight is 505 g/mol. The number of hydrogen-bond donors (Lipinski definition) is 0. The first-order valence-electron chi connectivity index (χ1n) is 13.3. The summed E-state index contributed by atoms with van der Waals surface area (Å²) in [5.74, 6) is 0.460. The quantitative estimate of drug-likeness (QED) is 0.359. The molecule has 0 aliphatic heterocycles. The van der Waals surface area contributed by atoms with E-state index in [0.29, 0.717) is 28.2 Å². The second kappa shape index (κ2) is 10.5. The summed E-state index contributed by atoms with van der Waals surface area (Å²) in [6.45, 7) is 2.18. The third kappa shape index (κ3) is 4.89. The van der Waals surface area contributed by atoms with Crippen LogP contribution in [0.4, 0.5) is 0 Å². The van der Waals surface area contributed by atoms with Crippen molar-refractivity contribution in [1.29, 1.82) is 0 Å².